The van der Waals surface area contributed by atoms with Crippen molar-refractivity contribution in [1.29, 1.82) is 5.26 Å². The minimum absolute atomic E-state index is 0.0473. The van der Waals surface area contributed by atoms with Gasteiger partial charge in [-0.25, -0.2) is 0 Å². The van der Waals surface area contributed by atoms with Crippen molar-refractivity contribution in [2.75, 3.05) is 12.3 Å². The van der Waals surface area contributed by atoms with Gasteiger partial charge in [0.25, 0.3) is 0 Å². The molecule has 0 aliphatic rings. The van der Waals surface area contributed by atoms with E-state index in [1.54, 1.807) is 23.9 Å². The van der Waals surface area contributed by atoms with Gasteiger partial charge in [0, 0.05) is 28.6 Å². The van der Waals surface area contributed by atoms with Crippen molar-refractivity contribution in [3.05, 3.63) is 64.7 Å². The second-order valence-electron chi connectivity index (χ2n) is 4.96. The van der Waals surface area contributed by atoms with Gasteiger partial charge in [-0.05, 0) is 48.4 Å². The van der Waals surface area contributed by atoms with E-state index in [4.69, 9.17) is 16.9 Å². The highest BCUT2D eigenvalue weighted by molar-refractivity contribution is 7.99. The SMILES string of the molecule is N#Cc1ccc(CCC(=O)NCCSc2ccc(Cl)cc2)cc1. The molecule has 5 heteroatoms. The predicted molar refractivity (Wildman–Crippen MR) is 94.7 cm³/mol. The molecule has 1 amide bonds. The van der Waals surface area contributed by atoms with Crippen LogP contribution in [0.25, 0.3) is 0 Å². The summed E-state index contributed by atoms with van der Waals surface area (Å²) < 4.78 is 0. The molecule has 2 aromatic rings. The molecule has 0 unspecified atom stereocenters. The molecular weight excluding hydrogens is 328 g/mol. The molecule has 23 heavy (non-hydrogen) atoms. The Balaban J connectivity index is 1.63. The van der Waals surface area contributed by atoms with Gasteiger partial charge in [0.1, 0.15) is 0 Å². The summed E-state index contributed by atoms with van der Waals surface area (Å²) in [7, 11) is 0. The van der Waals surface area contributed by atoms with Crippen LogP contribution in [0.2, 0.25) is 5.02 Å². The standard InChI is InChI=1S/C18H17ClN2OS/c19-16-6-8-17(9-7-16)23-12-11-21-18(22)10-5-14-1-3-15(13-20)4-2-14/h1-4,6-9H,5,10-12H2,(H,21,22). The molecule has 0 atom stereocenters. The molecule has 2 aromatic carbocycles. The number of nitrogens with one attached hydrogen (secondary N) is 1. The smallest absolute Gasteiger partial charge is 0.220 e. The molecule has 0 saturated heterocycles. The first kappa shape index (κ1) is 17.4. The summed E-state index contributed by atoms with van der Waals surface area (Å²) in [5.41, 5.74) is 1.70. The van der Waals surface area contributed by atoms with E-state index in [9.17, 15) is 4.79 Å². The van der Waals surface area contributed by atoms with E-state index in [-0.39, 0.29) is 5.91 Å². The summed E-state index contributed by atoms with van der Waals surface area (Å²) in [6.07, 6.45) is 1.14. The number of amides is 1. The molecule has 118 valence electrons. The molecule has 2 rings (SSSR count). The number of carbonyl (C=O) groups is 1. The first-order valence-electron chi connectivity index (χ1n) is 7.31. The number of benzene rings is 2. The fourth-order valence-electron chi connectivity index (χ4n) is 1.98. The Labute approximate surface area is 145 Å². The highest BCUT2D eigenvalue weighted by Crippen LogP contribution is 2.19. The van der Waals surface area contributed by atoms with Crippen LogP contribution in [-0.2, 0) is 11.2 Å². The highest BCUT2D eigenvalue weighted by Gasteiger charge is 2.02. The number of carbonyl (C=O) groups excluding carboxylic acids is 1. The maximum atomic E-state index is 11.8. The molecule has 0 heterocycles. The summed E-state index contributed by atoms with van der Waals surface area (Å²) in [6, 6.07) is 17.1. The molecular formula is C18H17ClN2OS. The predicted octanol–water partition coefficient (Wildman–Crippen LogP) is 4.05. The molecule has 0 aliphatic heterocycles. The number of aryl methyl sites for hydroxylation is 1. The van der Waals surface area contributed by atoms with Gasteiger partial charge in [0.15, 0.2) is 0 Å². The average Bonchev–Trinajstić information content (AvgIpc) is 2.59. The minimum Gasteiger partial charge on any atom is -0.355 e. The lowest BCUT2D eigenvalue weighted by Gasteiger charge is -2.06. The summed E-state index contributed by atoms with van der Waals surface area (Å²) in [5, 5.41) is 12.4. The number of nitrogens with zero attached hydrogens (tertiary/aromatic N) is 1. The number of halogens is 1. The summed E-state index contributed by atoms with van der Waals surface area (Å²) in [6.45, 7) is 0.638. The van der Waals surface area contributed by atoms with Crippen molar-refractivity contribution < 1.29 is 4.79 Å². The van der Waals surface area contributed by atoms with Gasteiger partial charge in [-0.3, -0.25) is 4.79 Å². The van der Waals surface area contributed by atoms with Gasteiger partial charge in [-0.15, -0.1) is 11.8 Å². The molecule has 1 N–H and O–H groups in total. The van der Waals surface area contributed by atoms with Gasteiger partial charge in [0.05, 0.1) is 11.6 Å². The van der Waals surface area contributed by atoms with Gasteiger partial charge >= 0.3 is 0 Å². The van der Waals surface area contributed by atoms with Crippen molar-refractivity contribution in [3.63, 3.8) is 0 Å². The molecule has 3 nitrogen and oxygen atoms in total. The lowest BCUT2D eigenvalue weighted by Crippen LogP contribution is -2.25. The van der Waals surface area contributed by atoms with Crippen LogP contribution in [0.4, 0.5) is 0 Å². The van der Waals surface area contributed by atoms with E-state index >= 15 is 0 Å². The number of thioether (sulfide) groups is 1. The van der Waals surface area contributed by atoms with Crippen molar-refractivity contribution in [1.82, 2.24) is 5.32 Å². The molecule has 0 aliphatic carbocycles. The van der Waals surface area contributed by atoms with Crippen LogP contribution < -0.4 is 5.32 Å². The Morgan fingerprint density at radius 2 is 1.83 bits per heavy atom. The monoisotopic (exact) mass is 344 g/mol. The molecule has 0 fully saturated rings. The highest BCUT2D eigenvalue weighted by atomic mass is 35.5. The van der Waals surface area contributed by atoms with Gasteiger partial charge in [-0.2, -0.15) is 5.26 Å². The van der Waals surface area contributed by atoms with E-state index < -0.39 is 0 Å². The third-order valence-electron chi connectivity index (χ3n) is 3.23. The summed E-state index contributed by atoms with van der Waals surface area (Å²) in [5.74, 6) is 0.871. The molecule has 0 spiro atoms. The zero-order chi connectivity index (χ0) is 16.5. The number of rotatable bonds is 7. The lowest BCUT2D eigenvalue weighted by molar-refractivity contribution is -0.120. The quantitative estimate of drug-likeness (QED) is 0.609. The number of nitriles is 1. The molecule has 0 saturated carbocycles. The zero-order valence-corrected chi connectivity index (χ0v) is 14.2. The molecule has 0 bridgehead atoms. The fourth-order valence-corrected chi connectivity index (χ4v) is 2.88. The van der Waals surface area contributed by atoms with Crippen molar-refractivity contribution in [2.24, 2.45) is 0 Å². The molecule has 0 aromatic heterocycles. The topological polar surface area (TPSA) is 52.9 Å². The van der Waals surface area contributed by atoms with Gasteiger partial charge in [-0.1, -0.05) is 23.7 Å². The van der Waals surface area contributed by atoms with Crippen LogP contribution in [0.3, 0.4) is 0 Å². The van der Waals surface area contributed by atoms with E-state index in [1.165, 1.54) is 0 Å². The van der Waals surface area contributed by atoms with Crippen LogP contribution in [0.5, 0.6) is 0 Å². The first-order chi connectivity index (χ1) is 11.2. The maximum Gasteiger partial charge on any atom is 0.220 e. The normalized spacial score (nSPS) is 10.1. The van der Waals surface area contributed by atoms with Crippen LogP contribution in [0, 0.1) is 11.3 Å². The third kappa shape index (κ3) is 6.35. The Bertz CT molecular complexity index is 678. The van der Waals surface area contributed by atoms with Crippen molar-refractivity contribution in [3.8, 4) is 6.07 Å². The van der Waals surface area contributed by atoms with Crippen molar-refractivity contribution >= 4 is 29.3 Å². The van der Waals surface area contributed by atoms with E-state index in [0.29, 0.717) is 24.9 Å². The lowest BCUT2D eigenvalue weighted by atomic mass is 10.1. The largest absolute Gasteiger partial charge is 0.355 e. The van der Waals surface area contributed by atoms with Crippen LogP contribution >= 0.6 is 23.4 Å². The van der Waals surface area contributed by atoms with Crippen LogP contribution in [-0.4, -0.2) is 18.2 Å². The van der Waals surface area contributed by atoms with Crippen LogP contribution in [0.15, 0.2) is 53.4 Å². The second-order valence-corrected chi connectivity index (χ2v) is 6.57. The average molecular weight is 345 g/mol. The van der Waals surface area contributed by atoms with E-state index in [2.05, 4.69) is 11.4 Å². The summed E-state index contributed by atoms with van der Waals surface area (Å²) in [4.78, 5) is 12.9. The first-order valence-corrected chi connectivity index (χ1v) is 8.68. The van der Waals surface area contributed by atoms with Gasteiger partial charge in [0.2, 0.25) is 5.91 Å². The van der Waals surface area contributed by atoms with Crippen LogP contribution in [0.1, 0.15) is 17.5 Å². The van der Waals surface area contributed by atoms with E-state index in [1.807, 2.05) is 36.4 Å². The van der Waals surface area contributed by atoms with Gasteiger partial charge < -0.3 is 5.32 Å². The minimum atomic E-state index is 0.0473. The Morgan fingerprint density at radius 3 is 2.48 bits per heavy atom. The Morgan fingerprint density at radius 1 is 1.13 bits per heavy atom. The third-order valence-corrected chi connectivity index (χ3v) is 4.50. The fraction of sp³-hybridized carbons (Fsp3) is 0.222. The van der Waals surface area contributed by atoms with E-state index in [0.717, 1.165) is 21.2 Å². The Kier molecular flexibility index (Phi) is 6.99. The number of hydrogen-bond acceptors (Lipinski definition) is 3. The molecule has 0 radical (unpaired) electrons. The second kappa shape index (κ2) is 9.24. The number of hydrogen-bond donors (Lipinski definition) is 1. The zero-order valence-electron chi connectivity index (χ0n) is 12.6. The van der Waals surface area contributed by atoms with Crippen molar-refractivity contribution in [2.45, 2.75) is 17.7 Å². The maximum absolute atomic E-state index is 11.8. The summed E-state index contributed by atoms with van der Waals surface area (Å²) >= 11 is 7.52. The Hall–Kier alpha value is -1.96.